The van der Waals surface area contributed by atoms with Gasteiger partial charge < -0.3 is 15.4 Å². The molecule has 0 radical (unpaired) electrons. The van der Waals surface area contributed by atoms with E-state index in [9.17, 15) is 10.1 Å². The minimum Gasteiger partial charge on any atom is -0.377 e. The van der Waals surface area contributed by atoms with E-state index in [0.717, 1.165) is 13.1 Å². The summed E-state index contributed by atoms with van der Waals surface area (Å²) < 4.78 is 5.58. The van der Waals surface area contributed by atoms with Gasteiger partial charge in [0.2, 0.25) is 0 Å². The van der Waals surface area contributed by atoms with Crippen LogP contribution in [0.25, 0.3) is 10.9 Å². The van der Waals surface area contributed by atoms with Gasteiger partial charge in [-0.05, 0) is 24.3 Å². The minimum absolute atomic E-state index is 0.0166. The first kappa shape index (κ1) is 13.7. The molecule has 1 aliphatic rings. The molecule has 110 valence electrons. The molecule has 1 atom stereocenters. The Bertz CT molecular complexity index is 656. The van der Waals surface area contributed by atoms with Crippen molar-refractivity contribution in [2.24, 2.45) is 0 Å². The monoisotopic (exact) mass is 288 g/mol. The van der Waals surface area contributed by atoms with Gasteiger partial charge in [-0.2, -0.15) is 0 Å². The molecule has 0 spiro atoms. The van der Waals surface area contributed by atoms with Gasteiger partial charge >= 0.3 is 5.69 Å². The summed E-state index contributed by atoms with van der Waals surface area (Å²) in [5.41, 5.74) is 1.17. The molecule has 7 heteroatoms. The highest BCUT2D eigenvalue weighted by molar-refractivity contribution is 5.94. The van der Waals surface area contributed by atoms with Crippen molar-refractivity contribution in [1.82, 2.24) is 10.3 Å². The first-order valence-corrected chi connectivity index (χ1v) is 6.84. The first-order valence-electron chi connectivity index (χ1n) is 6.84. The number of fused-ring (bicyclic) bond motifs is 1. The topological polar surface area (TPSA) is 89.3 Å². The predicted octanol–water partition coefficient (Wildman–Crippen LogP) is 1.54. The normalized spacial score (nSPS) is 18.6. The summed E-state index contributed by atoms with van der Waals surface area (Å²) in [7, 11) is 0. The molecular formula is C14H16N4O3. The van der Waals surface area contributed by atoms with Gasteiger partial charge in [0.1, 0.15) is 5.69 Å². The van der Waals surface area contributed by atoms with Gasteiger partial charge in [-0.3, -0.25) is 15.1 Å². The molecule has 3 rings (SSSR count). The van der Waals surface area contributed by atoms with E-state index in [0.29, 0.717) is 29.7 Å². The predicted molar refractivity (Wildman–Crippen MR) is 79.5 cm³/mol. The number of aromatic nitrogens is 1. The highest BCUT2D eigenvalue weighted by Gasteiger charge is 2.20. The van der Waals surface area contributed by atoms with Crippen LogP contribution in [0.3, 0.4) is 0 Å². The van der Waals surface area contributed by atoms with Gasteiger partial charge in [0, 0.05) is 25.8 Å². The van der Waals surface area contributed by atoms with Gasteiger partial charge in [-0.25, -0.2) is 0 Å². The van der Waals surface area contributed by atoms with Crippen molar-refractivity contribution in [3.05, 3.63) is 40.6 Å². The number of hydrogen-bond donors (Lipinski definition) is 2. The molecule has 0 aliphatic carbocycles. The van der Waals surface area contributed by atoms with Gasteiger partial charge in [0.25, 0.3) is 0 Å². The van der Waals surface area contributed by atoms with E-state index in [2.05, 4.69) is 15.6 Å². The van der Waals surface area contributed by atoms with Crippen LogP contribution in [0.5, 0.6) is 0 Å². The number of morpholine rings is 1. The van der Waals surface area contributed by atoms with Crippen LogP contribution >= 0.6 is 0 Å². The number of rotatable bonds is 4. The van der Waals surface area contributed by atoms with Crippen molar-refractivity contribution in [2.75, 3.05) is 31.6 Å². The largest absolute Gasteiger partial charge is 0.377 e. The average molecular weight is 288 g/mol. The molecule has 0 saturated carbocycles. The van der Waals surface area contributed by atoms with Crippen molar-refractivity contribution < 1.29 is 9.66 Å². The van der Waals surface area contributed by atoms with E-state index in [4.69, 9.17) is 4.74 Å². The zero-order chi connectivity index (χ0) is 14.7. The van der Waals surface area contributed by atoms with E-state index in [-0.39, 0.29) is 16.7 Å². The number of pyridine rings is 1. The van der Waals surface area contributed by atoms with Crippen LogP contribution < -0.4 is 10.6 Å². The van der Waals surface area contributed by atoms with E-state index >= 15 is 0 Å². The van der Waals surface area contributed by atoms with Gasteiger partial charge in [-0.15, -0.1) is 0 Å². The molecule has 1 aliphatic heterocycles. The molecule has 0 bridgehead atoms. The smallest absolute Gasteiger partial charge is 0.301 e. The second kappa shape index (κ2) is 6.02. The highest BCUT2D eigenvalue weighted by atomic mass is 16.6. The lowest BCUT2D eigenvalue weighted by Gasteiger charge is -2.24. The van der Waals surface area contributed by atoms with Crippen molar-refractivity contribution in [1.29, 1.82) is 0 Å². The Balaban J connectivity index is 1.87. The summed E-state index contributed by atoms with van der Waals surface area (Å²) in [6.45, 7) is 2.78. The number of nitrogens with zero attached hydrogens (tertiary/aromatic N) is 2. The number of nitrogens with one attached hydrogen (secondary N) is 2. The van der Waals surface area contributed by atoms with Crippen LogP contribution in [0.2, 0.25) is 0 Å². The number of nitro groups is 1. The van der Waals surface area contributed by atoms with Crippen LogP contribution in [0.1, 0.15) is 0 Å². The molecule has 2 aromatic rings. The maximum absolute atomic E-state index is 11.4. The molecule has 2 N–H and O–H groups in total. The third-order valence-corrected chi connectivity index (χ3v) is 3.46. The van der Waals surface area contributed by atoms with Gasteiger partial charge in [0.15, 0.2) is 0 Å². The van der Waals surface area contributed by atoms with Gasteiger partial charge in [-0.1, -0.05) is 0 Å². The molecule has 1 unspecified atom stereocenters. The summed E-state index contributed by atoms with van der Waals surface area (Å²) in [5, 5.41) is 18.3. The lowest BCUT2D eigenvalue weighted by Crippen LogP contribution is -2.42. The third-order valence-electron chi connectivity index (χ3n) is 3.46. The fourth-order valence-corrected chi connectivity index (χ4v) is 2.45. The summed E-state index contributed by atoms with van der Waals surface area (Å²) in [4.78, 5) is 15.2. The minimum atomic E-state index is -0.369. The second-order valence-corrected chi connectivity index (χ2v) is 4.87. The van der Waals surface area contributed by atoms with E-state index in [1.807, 2.05) is 0 Å². The van der Waals surface area contributed by atoms with E-state index < -0.39 is 0 Å². The SMILES string of the molecule is O=[N+]([O-])c1c(NCC2CNCCO2)ccc2ncccc12. The fraction of sp³-hybridized carbons (Fsp3) is 0.357. The van der Waals surface area contributed by atoms with Crippen molar-refractivity contribution in [2.45, 2.75) is 6.10 Å². The van der Waals surface area contributed by atoms with Crippen LogP contribution in [0.4, 0.5) is 11.4 Å². The average Bonchev–Trinajstić information content (AvgIpc) is 2.53. The van der Waals surface area contributed by atoms with E-state index in [1.165, 1.54) is 0 Å². The number of anilines is 1. The summed E-state index contributed by atoms with van der Waals surface area (Å²) in [6, 6.07) is 6.89. The summed E-state index contributed by atoms with van der Waals surface area (Å²) >= 11 is 0. The molecule has 21 heavy (non-hydrogen) atoms. The summed E-state index contributed by atoms with van der Waals surface area (Å²) in [5.74, 6) is 0. The molecule has 7 nitrogen and oxygen atoms in total. The van der Waals surface area contributed by atoms with Gasteiger partial charge in [0.05, 0.1) is 28.5 Å². The highest BCUT2D eigenvalue weighted by Crippen LogP contribution is 2.32. The third kappa shape index (κ3) is 2.93. The molecule has 2 heterocycles. The maximum Gasteiger partial charge on any atom is 0.301 e. The Morgan fingerprint density at radius 1 is 1.48 bits per heavy atom. The Morgan fingerprint density at radius 3 is 3.14 bits per heavy atom. The molecular weight excluding hydrogens is 272 g/mol. The quantitative estimate of drug-likeness (QED) is 0.655. The van der Waals surface area contributed by atoms with Crippen molar-refractivity contribution in [3.8, 4) is 0 Å². The van der Waals surface area contributed by atoms with Crippen LogP contribution in [0.15, 0.2) is 30.5 Å². The number of hydrogen-bond acceptors (Lipinski definition) is 6. The second-order valence-electron chi connectivity index (χ2n) is 4.87. The molecule has 1 aromatic carbocycles. The zero-order valence-electron chi connectivity index (χ0n) is 11.4. The number of ether oxygens (including phenoxy) is 1. The lowest BCUT2D eigenvalue weighted by molar-refractivity contribution is -0.382. The lowest BCUT2D eigenvalue weighted by atomic mass is 10.1. The number of benzene rings is 1. The van der Waals surface area contributed by atoms with E-state index in [1.54, 1.807) is 30.5 Å². The molecule has 0 amide bonds. The fourth-order valence-electron chi connectivity index (χ4n) is 2.45. The Hall–Kier alpha value is -2.25. The molecule has 1 aromatic heterocycles. The van der Waals surface area contributed by atoms with Crippen LogP contribution in [0, 0.1) is 10.1 Å². The maximum atomic E-state index is 11.4. The number of nitro benzene ring substituents is 1. The standard InChI is InChI=1S/C14H16N4O3/c19-18(20)14-11-2-1-5-16-12(11)3-4-13(14)17-9-10-8-15-6-7-21-10/h1-5,10,15,17H,6-9H2. The first-order chi connectivity index (χ1) is 10.3. The Morgan fingerprint density at radius 2 is 2.38 bits per heavy atom. The Labute approximate surface area is 121 Å². The molecule has 1 saturated heterocycles. The van der Waals surface area contributed by atoms with Crippen molar-refractivity contribution >= 4 is 22.3 Å². The Kier molecular flexibility index (Phi) is 3.94. The molecule has 1 fully saturated rings. The summed E-state index contributed by atoms with van der Waals surface area (Å²) in [6.07, 6.45) is 1.64. The zero-order valence-corrected chi connectivity index (χ0v) is 11.4. The van der Waals surface area contributed by atoms with Crippen LogP contribution in [-0.4, -0.2) is 42.3 Å². The van der Waals surface area contributed by atoms with Crippen LogP contribution in [-0.2, 0) is 4.74 Å². The van der Waals surface area contributed by atoms with Crippen molar-refractivity contribution in [3.63, 3.8) is 0 Å².